The molecule has 1 aliphatic rings. The van der Waals surface area contributed by atoms with E-state index in [-0.39, 0.29) is 12.1 Å². The minimum Gasteiger partial charge on any atom is -0.450 e. The van der Waals surface area contributed by atoms with Gasteiger partial charge in [0.2, 0.25) is 5.95 Å². The topological polar surface area (TPSA) is 79.4 Å². The van der Waals surface area contributed by atoms with E-state index < -0.39 is 0 Å². The fourth-order valence-corrected chi connectivity index (χ4v) is 3.11. The highest BCUT2D eigenvalue weighted by Crippen LogP contribution is 2.20. The Balaban J connectivity index is 1.60. The van der Waals surface area contributed by atoms with Gasteiger partial charge < -0.3 is 20.3 Å². The molecule has 1 fully saturated rings. The molecule has 7 nitrogen and oxygen atoms in total. The van der Waals surface area contributed by atoms with Crippen LogP contribution in [0.1, 0.15) is 25.5 Å². The number of nitrogens with zero attached hydrogens (tertiary/aromatic N) is 3. The number of amides is 1. The molecule has 1 amide bonds. The van der Waals surface area contributed by atoms with Crippen molar-refractivity contribution < 1.29 is 9.53 Å². The van der Waals surface area contributed by atoms with Crippen molar-refractivity contribution in [3.8, 4) is 0 Å². The maximum atomic E-state index is 11.8. The molecule has 27 heavy (non-hydrogen) atoms. The molecule has 2 heterocycles. The quantitative estimate of drug-likeness (QED) is 0.797. The Kier molecular flexibility index (Phi) is 6.34. The molecule has 8 heteroatoms. The molecule has 0 atom stereocenters. The van der Waals surface area contributed by atoms with E-state index in [2.05, 4.69) is 20.6 Å². The Morgan fingerprint density at radius 3 is 2.63 bits per heavy atom. The standard InChI is InChI=1S/C19H24ClN5O2/c1-3-27-19(26)25-10-8-16(9-11-25)23-18-21-13(2)12-17(24-18)22-15-6-4-14(20)5-7-15/h4-7,12,16H,3,8-11H2,1-2H3,(H2,21,22,23,24). The van der Waals surface area contributed by atoms with Crippen LogP contribution in [0.2, 0.25) is 5.02 Å². The highest BCUT2D eigenvalue weighted by atomic mass is 35.5. The second-order valence-corrected chi connectivity index (χ2v) is 6.89. The maximum absolute atomic E-state index is 11.8. The molecule has 0 unspecified atom stereocenters. The summed E-state index contributed by atoms with van der Waals surface area (Å²) in [6.07, 6.45) is 1.42. The molecule has 2 N–H and O–H groups in total. The number of rotatable bonds is 5. The van der Waals surface area contributed by atoms with Crippen LogP contribution in [-0.4, -0.2) is 46.7 Å². The zero-order chi connectivity index (χ0) is 19.2. The molecule has 0 aliphatic carbocycles. The van der Waals surface area contributed by atoms with Gasteiger partial charge in [-0.1, -0.05) is 11.6 Å². The summed E-state index contributed by atoms with van der Waals surface area (Å²) in [5, 5.41) is 7.34. The summed E-state index contributed by atoms with van der Waals surface area (Å²) in [7, 11) is 0. The summed E-state index contributed by atoms with van der Waals surface area (Å²) in [5.74, 6) is 1.30. The van der Waals surface area contributed by atoms with Crippen molar-refractivity contribution in [3.63, 3.8) is 0 Å². The van der Waals surface area contributed by atoms with E-state index in [1.165, 1.54) is 0 Å². The van der Waals surface area contributed by atoms with Gasteiger partial charge in [0.1, 0.15) is 5.82 Å². The average molecular weight is 390 g/mol. The summed E-state index contributed by atoms with van der Waals surface area (Å²) in [6, 6.07) is 9.57. The van der Waals surface area contributed by atoms with Crippen LogP contribution in [0.3, 0.4) is 0 Å². The Morgan fingerprint density at radius 2 is 1.96 bits per heavy atom. The summed E-state index contributed by atoms with van der Waals surface area (Å²) in [4.78, 5) is 22.6. The summed E-state index contributed by atoms with van der Waals surface area (Å²) in [6.45, 7) is 5.48. The van der Waals surface area contributed by atoms with E-state index in [1.807, 2.05) is 44.2 Å². The van der Waals surface area contributed by atoms with E-state index in [4.69, 9.17) is 16.3 Å². The number of benzene rings is 1. The van der Waals surface area contributed by atoms with Crippen LogP contribution in [0.15, 0.2) is 30.3 Å². The Bertz CT molecular complexity index is 776. The lowest BCUT2D eigenvalue weighted by Crippen LogP contribution is -2.42. The second-order valence-electron chi connectivity index (χ2n) is 6.45. The zero-order valence-electron chi connectivity index (χ0n) is 15.5. The summed E-state index contributed by atoms with van der Waals surface area (Å²) >= 11 is 5.93. The third kappa shape index (κ3) is 5.47. The van der Waals surface area contributed by atoms with Crippen molar-refractivity contribution in [2.45, 2.75) is 32.7 Å². The first kappa shape index (κ1) is 19.2. The molecule has 1 saturated heterocycles. The molecule has 1 aromatic carbocycles. The van der Waals surface area contributed by atoms with Gasteiger partial charge in [-0.2, -0.15) is 4.98 Å². The van der Waals surface area contributed by atoms with Crippen molar-refractivity contribution in [2.24, 2.45) is 0 Å². The van der Waals surface area contributed by atoms with Gasteiger partial charge in [-0.25, -0.2) is 9.78 Å². The molecular formula is C19H24ClN5O2. The average Bonchev–Trinajstić information content (AvgIpc) is 2.64. The van der Waals surface area contributed by atoms with Crippen LogP contribution in [0.5, 0.6) is 0 Å². The normalized spacial score (nSPS) is 14.7. The van der Waals surface area contributed by atoms with Crippen LogP contribution in [0.4, 0.5) is 22.2 Å². The van der Waals surface area contributed by atoms with Gasteiger partial charge >= 0.3 is 6.09 Å². The van der Waals surface area contributed by atoms with Crippen molar-refractivity contribution in [3.05, 3.63) is 41.0 Å². The summed E-state index contributed by atoms with van der Waals surface area (Å²) in [5.41, 5.74) is 1.78. The number of aromatic nitrogens is 2. The van der Waals surface area contributed by atoms with E-state index in [1.54, 1.807) is 4.90 Å². The summed E-state index contributed by atoms with van der Waals surface area (Å²) < 4.78 is 5.06. The highest BCUT2D eigenvalue weighted by molar-refractivity contribution is 6.30. The Labute approximate surface area is 164 Å². The van der Waals surface area contributed by atoms with Crippen LogP contribution in [0, 0.1) is 6.92 Å². The van der Waals surface area contributed by atoms with Gasteiger partial charge in [0.05, 0.1) is 6.61 Å². The molecule has 1 aliphatic heterocycles. The van der Waals surface area contributed by atoms with E-state index >= 15 is 0 Å². The van der Waals surface area contributed by atoms with Crippen molar-refractivity contribution in [1.29, 1.82) is 0 Å². The number of piperidine rings is 1. The third-order valence-electron chi connectivity index (χ3n) is 4.33. The molecule has 0 bridgehead atoms. The molecule has 0 radical (unpaired) electrons. The van der Waals surface area contributed by atoms with Crippen LogP contribution in [0.25, 0.3) is 0 Å². The van der Waals surface area contributed by atoms with Crippen LogP contribution in [-0.2, 0) is 4.74 Å². The van der Waals surface area contributed by atoms with Gasteiger partial charge in [-0.15, -0.1) is 0 Å². The number of carbonyl (C=O) groups is 1. The first-order valence-electron chi connectivity index (χ1n) is 9.10. The van der Waals surface area contributed by atoms with E-state index in [0.29, 0.717) is 30.7 Å². The number of aryl methyl sites for hydroxylation is 1. The van der Waals surface area contributed by atoms with Crippen molar-refractivity contribution in [2.75, 3.05) is 30.3 Å². The lowest BCUT2D eigenvalue weighted by molar-refractivity contribution is 0.0983. The smallest absolute Gasteiger partial charge is 0.409 e. The van der Waals surface area contributed by atoms with Gasteiger partial charge in [0.15, 0.2) is 0 Å². The SMILES string of the molecule is CCOC(=O)N1CCC(Nc2nc(C)cc(Nc3ccc(Cl)cc3)n2)CC1. The number of halogens is 1. The zero-order valence-corrected chi connectivity index (χ0v) is 16.3. The molecule has 144 valence electrons. The van der Waals surface area contributed by atoms with E-state index in [0.717, 1.165) is 30.0 Å². The predicted molar refractivity (Wildman–Crippen MR) is 107 cm³/mol. The molecule has 3 rings (SSSR count). The van der Waals surface area contributed by atoms with Crippen LogP contribution < -0.4 is 10.6 Å². The molecule has 1 aromatic heterocycles. The maximum Gasteiger partial charge on any atom is 0.409 e. The Hall–Kier alpha value is -2.54. The number of ether oxygens (including phenoxy) is 1. The largest absolute Gasteiger partial charge is 0.450 e. The lowest BCUT2D eigenvalue weighted by atomic mass is 10.1. The second kappa shape index (κ2) is 8.90. The van der Waals surface area contributed by atoms with Gasteiger partial charge in [-0.3, -0.25) is 0 Å². The first-order chi connectivity index (χ1) is 13.0. The fourth-order valence-electron chi connectivity index (χ4n) is 2.98. The molecule has 0 saturated carbocycles. The number of nitrogens with one attached hydrogen (secondary N) is 2. The Morgan fingerprint density at radius 1 is 1.26 bits per heavy atom. The number of carbonyl (C=O) groups excluding carboxylic acids is 1. The number of hydrogen-bond acceptors (Lipinski definition) is 6. The third-order valence-corrected chi connectivity index (χ3v) is 4.58. The van der Waals surface area contributed by atoms with Gasteiger partial charge in [0.25, 0.3) is 0 Å². The van der Waals surface area contributed by atoms with E-state index in [9.17, 15) is 4.79 Å². The first-order valence-corrected chi connectivity index (χ1v) is 9.48. The predicted octanol–water partition coefficient (Wildman–Crippen LogP) is 4.21. The van der Waals surface area contributed by atoms with Crippen molar-refractivity contribution >= 4 is 35.1 Å². The van der Waals surface area contributed by atoms with Crippen LogP contribution >= 0.6 is 11.6 Å². The van der Waals surface area contributed by atoms with Crippen molar-refractivity contribution in [1.82, 2.24) is 14.9 Å². The molecule has 0 spiro atoms. The minimum atomic E-state index is -0.239. The molecular weight excluding hydrogens is 366 g/mol. The van der Waals surface area contributed by atoms with Gasteiger partial charge in [-0.05, 0) is 51.0 Å². The minimum absolute atomic E-state index is 0.223. The molecule has 2 aromatic rings. The monoisotopic (exact) mass is 389 g/mol. The highest BCUT2D eigenvalue weighted by Gasteiger charge is 2.24. The lowest BCUT2D eigenvalue weighted by Gasteiger charge is -2.31. The number of hydrogen-bond donors (Lipinski definition) is 2. The fraction of sp³-hybridized carbons (Fsp3) is 0.421. The van der Waals surface area contributed by atoms with Gasteiger partial charge in [0, 0.05) is 41.6 Å². The number of likely N-dealkylation sites (tertiary alicyclic amines) is 1. The number of anilines is 3.